The highest BCUT2D eigenvalue weighted by Gasteiger charge is 2.24. The van der Waals surface area contributed by atoms with E-state index in [-0.39, 0.29) is 11.4 Å². The van der Waals surface area contributed by atoms with Crippen LogP contribution in [0.1, 0.15) is 32.9 Å². The van der Waals surface area contributed by atoms with E-state index < -0.39 is 5.60 Å². The molecule has 0 saturated heterocycles. The molecule has 5 nitrogen and oxygen atoms in total. The normalized spacial score (nSPS) is 14.8. The van der Waals surface area contributed by atoms with E-state index >= 15 is 0 Å². The Labute approximate surface area is 158 Å². The zero-order valence-electron chi connectivity index (χ0n) is 15.2. The molecule has 0 aliphatic carbocycles. The van der Waals surface area contributed by atoms with E-state index in [0.29, 0.717) is 19.5 Å². The smallest absolute Gasteiger partial charge is 0.410 e. The zero-order valence-corrected chi connectivity index (χ0v) is 16.0. The summed E-state index contributed by atoms with van der Waals surface area (Å²) in [6, 6.07) is 11.8. The van der Waals surface area contributed by atoms with Crippen molar-refractivity contribution in [2.24, 2.45) is 0 Å². The molecule has 2 aromatic rings. The number of nitrogens with zero attached hydrogens (tertiary/aromatic N) is 3. The maximum atomic E-state index is 12.2. The minimum atomic E-state index is -0.494. The molecule has 0 radical (unpaired) electrons. The minimum absolute atomic E-state index is 0.219. The first-order valence-corrected chi connectivity index (χ1v) is 8.97. The molecule has 6 heteroatoms. The van der Waals surface area contributed by atoms with E-state index in [1.165, 1.54) is 0 Å². The van der Waals surface area contributed by atoms with Gasteiger partial charge >= 0.3 is 6.09 Å². The van der Waals surface area contributed by atoms with Crippen LogP contribution in [-0.4, -0.2) is 39.7 Å². The lowest BCUT2D eigenvalue weighted by Crippen LogP contribution is -2.39. The third-order valence-electron chi connectivity index (χ3n) is 3.96. The Balaban J connectivity index is 1.78. The van der Waals surface area contributed by atoms with Gasteiger partial charge in [-0.05, 0) is 50.4 Å². The van der Waals surface area contributed by atoms with Crippen molar-refractivity contribution in [2.45, 2.75) is 32.8 Å². The predicted octanol–water partition coefficient (Wildman–Crippen LogP) is 4.82. The van der Waals surface area contributed by atoms with Crippen molar-refractivity contribution < 1.29 is 9.53 Å². The number of halogens is 1. The fourth-order valence-electron chi connectivity index (χ4n) is 2.73. The van der Waals surface area contributed by atoms with Crippen molar-refractivity contribution in [3.8, 4) is 11.3 Å². The lowest BCUT2D eigenvalue weighted by molar-refractivity contribution is 0.0270. The first kappa shape index (κ1) is 18.4. The van der Waals surface area contributed by atoms with Crippen LogP contribution in [0.2, 0.25) is 5.28 Å². The zero-order chi connectivity index (χ0) is 18.7. The molecule has 1 aliphatic rings. The highest BCUT2D eigenvalue weighted by atomic mass is 35.5. The van der Waals surface area contributed by atoms with Crippen molar-refractivity contribution in [1.29, 1.82) is 0 Å². The molecule has 2 heterocycles. The Hall–Kier alpha value is -2.40. The van der Waals surface area contributed by atoms with E-state index in [1.54, 1.807) is 4.90 Å². The molecule has 1 aromatic carbocycles. The predicted molar refractivity (Wildman–Crippen MR) is 103 cm³/mol. The second-order valence-corrected chi connectivity index (χ2v) is 7.52. The third kappa shape index (κ3) is 4.61. The van der Waals surface area contributed by atoms with Crippen molar-refractivity contribution in [3.05, 3.63) is 53.5 Å². The largest absolute Gasteiger partial charge is 0.444 e. The fourth-order valence-corrected chi connectivity index (χ4v) is 2.92. The summed E-state index contributed by atoms with van der Waals surface area (Å²) in [5.74, 6) is 0. The van der Waals surface area contributed by atoms with Gasteiger partial charge in [0.1, 0.15) is 5.60 Å². The number of aromatic nitrogens is 2. The maximum absolute atomic E-state index is 12.2. The van der Waals surface area contributed by atoms with Crippen molar-refractivity contribution in [3.63, 3.8) is 0 Å². The number of carbonyl (C=O) groups is 1. The van der Waals surface area contributed by atoms with Gasteiger partial charge in [-0.3, -0.25) is 0 Å². The van der Waals surface area contributed by atoms with Gasteiger partial charge < -0.3 is 9.64 Å². The summed E-state index contributed by atoms with van der Waals surface area (Å²) in [6.45, 7) is 6.67. The first-order valence-electron chi connectivity index (χ1n) is 8.59. The van der Waals surface area contributed by atoms with Crippen LogP contribution < -0.4 is 0 Å². The number of carbonyl (C=O) groups excluding carboxylic acids is 1. The van der Waals surface area contributed by atoms with Crippen LogP contribution in [0, 0.1) is 0 Å². The minimum Gasteiger partial charge on any atom is -0.444 e. The Kier molecular flexibility index (Phi) is 5.28. The number of hydrogen-bond acceptors (Lipinski definition) is 4. The average molecular weight is 372 g/mol. The quantitative estimate of drug-likeness (QED) is 0.710. The van der Waals surface area contributed by atoms with Crippen LogP contribution in [0.3, 0.4) is 0 Å². The molecule has 1 aromatic heterocycles. The van der Waals surface area contributed by atoms with E-state index in [2.05, 4.69) is 9.97 Å². The average Bonchev–Trinajstić information content (AvgIpc) is 2.61. The second kappa shape index (κ2) is 7.46. The van der Waals surface area contributed by atoms with Gasteiger partial charge in [0.2, 0.25) is 5.28 Å². The van der Waals surface area contributed by atoms with Crippen LogP contribution in [-0.2, 0) is 4.74 Å². The van der Waals surface area contributed by atoms with Gasteiger partial charge in [-0.15, -0.1) is 0 Å². The topological polar surface area (TPSA) is 55.3 Å². The molecule has 1 amide bonds. The third-order valence-corrected chi connectivity index (χ3v) is 4.13. The van der Waals surface area contributed by atoms with Crippen molar-refractivity contribution in [1.82, 2.24) is 14.9 Å². The molecule has 0 fully saturated rings. The summed E-state index contributed by atoms with van der Waals surface area (Å²) >= 11 is 6.14. The molecular weight excluding hydrogens is 350 g/mol. The van der Waals surface area contributed by atoms with Gasteiger partial charge in [-0.2, -0.15) is 0 Å². The summed E-state index contributed by atoms with van der Waals surface area (Å²) in [5.41, 5.74) is 3.14. The molecule has 0 N–H and O–H groups in total. The van der Waals surface area contributed by atoms with Crippen LogP contribution in [0.25, 0.3) is 16.8 Å². The van der Waals surface area contributed by atoms with Gasteiger partial charge in [0.25, 0.3) is 0 Å². The Morgan fingerprint density at radius 1 is 1.15 bits per heavy atom. The summed E-state index contributed by atoms with van der Waals surface area (Å²) in [5, 5.41) is 0.219. The number of rotatable bonds is 2. The Morgan fingerprint density at radius 2 is 1.85 bits per heavy atom. The molecule has 26 heavy (non-hydrogen) atoms. The molecule has 0 spiro atoms. The number of amides is 1. The van der Waals surface area contributed by atoms with Crippen LogP contribution in [0.15, 0.2) is 42.5 Å². The fraction of sp³-hybridized carbons (Fsp3) is 0.350. The SMILES string of the molecule is CC(C)(C)OC(=O)N1CC=C(c2cc(-c3ccccc3)nc(Cl)n2)CC1. The van der Waals surface area contributed by atoms with Gasteiger partial charge in [0.15, 0.2) is 0 Å². The van der Waals surface area contributed by atoms with E-state index in [0.717, 1.165) is 22.5 Å². The van der Waals surface area contributed by atoms with E-state index in [9.17, 15) is 4.79 Å². The van der Waals surface area contributed by atoms with Crippen LogP contribution in [0.5, 0.6) is 0 Å². The van der Waals surface area contributed by atoms with E-state index in [1.807, 2.05) is 63.2 Å². The molecule has 0 atom stereocenters. The molecule has 0 bridgehead atoms. The van der Waals surface area contributed by atoms with Crippen molar-refractivity contribution in [2.75, 3.05) is 13.1 Å². The lowest BCUT2D eigenvalue weighted by atomic mass is 10.0. The number of hydrogen-bond donors (Lipinski definition) is 0. The summed E-state index contributed by atoms with van der Waals surface area (Å²) in [6.07, 6.45) is 2.40. The molecule has 1 aliphatic heterocycles. The second-order valence-electron chi connectivity index (χ2n) is 7.18. The van der Waals surface area contributed by atoms with Gasteiger partial charge in [0.05, 0.1) is 11.4 Å². The lowest BCUT2D eigenvalue weighted by Gasteiger charge is -2.29. The Morgan fingerprint density at radius 3 is 2.46 bits per heavy atom. The molecule has 136 valence electrons. The van der Waals surface area contributed by atoms with Gasteiger partial charge in [0, 0.05) is 18.7 Å². The van der Waals surface area contributed by atoms with Gasteiger partial charge in [-0.1, -0.05) is 36.4 Å². The summed E-state index contributed by atoms with van der Waals surface area (Å²) in [4.78, 5) is 22.6. The molecule has 0 unspecified atom stereocenters. The monoisotopic (exact) mass is 371 g/mol. The summed E-state index contributed by atoms with van der Waals surface area (Å²) in [7, 11) is 0. The highest BCUT2D eigenvalue weighted by Crippen LogP contribution is 2.26. The summed E-state index contributed by atoms with van der Waals surface area (Å²) < 4.78 is 5.43. The number of benzene rings is 1. The standard InChI is InChI=1S/C20H22ClN3O2/c1-20(2,3)26-19(25)24-11-9-15(10-12-24)17-13-16(22-18(21)23-17)14-7-5-4-6-8-14/h4-9,13H,10-12H2,1-3H3. The van der Waals surface area contributed by atoms with Gasteiger partial charge in [-0.25, -0.2) is 14.8 Å². The first-order chi connectivity index (χ1) is 12.3. The molecule has 3 rings (SSSR count). The molecular formula is C20H22ClN3O2. The van der Waals surface area contributed by atoms with E-state index in [4.69, 9.17) is 16.3 Å². The maximum Gasteiger partial charge on any atom is 0.410 e. The Bertz CT molecular complexity index is 829. The highest BCUT2D eigenvalue weighted by molar-refractivity contribution is 6.28. The van der Waals surface area contributed by atoms with Crippen molar-refractivity contribution >= 4 is 23.3 Å². The number of ether oxygens (including phenoxy) is 1. The van der Waals surface area contributed by atoms with Crippen LogP contribution >= 0.6 is 11.6 Å². The van der Waals surface area contributed by atoms with Crippen LogP contribution in [0.4, 0.5) is 4.79 Å². The molecule has 0 saturated carbocycles.